The summed E-state index contributed by atoms with van der Waals surface area (Å²) in [6, 6.07) is 6.19. The summed E-state index contributed by atoms with van der Waals surface area (Å²) in [5.41, 5.74) is 0. The van der Waals surface area contributed by atoms with E-state index in [1.165, 1.54) is 0 Å². The van der Waals surface area contributed by atoms with Crippen LogP contribution in [0.1, 0.15) is 31.7 Å². The molecule has 2 fully saturated rings. The van der Waals surface area contributed by atoms with Crippen LogP contribution in [-0.2, 0) is 4.79 Å². The summed E-state index contributed by atoms with van der Waals surface area (Å²) >= 11 is 0. The van der Waals surface area contributed by atoms with E-state index in [-0.39, 0.29) is 17.9 Å². The first-order chi connectivity index (χ1) is 12.3. The van der Waals surface area contributed by atoms with Gasteiger partial charge >= 0.3 is 0 Å². The molecule has 2 atom stereocenters. The van der Waals surface area contributed by atoms with E-state index < -0.39 is 0 Å². The Morgan fingerprint density at radius 1 is 1.12 bits per heavy atom. The van der Waals surface area contributed by atoms with Gasteiger partial charge < -0.3 is 9.80 Å². The molecule has 0 saturated carbocycles. The third-order valence-corrected chi connectivity index (χ3v) is 5.26. The van der Waals surface area contributed by atoms with Crippen LogP contribution in [0.15, 0.2) is 37.1 Å². The van der Waals surface area contributed by atoms with Crippen LogP contribution in [0.3, 0.4) is 0 Å². The van der Waals surface area contributed by atoms with Crippen molar-refractivity contribution in [1.82, 2.24) is 24.6 Å². The van der Waals surface area contributed by atoms with Crippen molar-refractivity contribution in [3.05, 3.63) is 37.1 Å². The molecule has 0 spiro atoms. The molecule has 0 aliphatic carbocycles. The van der Waals surface area contributed by atoms with Gasteiger partial charge in [0.25, 0.3) is 0 Å². The maximum absolute atomic E-state index is 13.1. The van der Waals surface area contributed by atoms with Crippen LogP contribution >= 0.6 is 0 Å². The van der Waals surface area contributed by atoms with Crippen LogP contribution in [0.25, 0.3) is 0 Å². The van der Waals surface area contributed by atoms with Gasteiger partial charge in [0.1, 0.15) is 18.5 Å². The van der Waals surface area contributed by atoms with E-state index >= 15 is 0 Å². The van der Waals surface area contributed by atoms with Gasteiger partial charge in [0.15, 0.2) is 0 Å². The average Bonchev–Trinajstić information content (AvgIpc) is 3.23. The number of hydrogen-bond donors (Lipinski definition) is 0. The first kappa shape index (κ1) is 16.1. The number of nitrogens with zero attached hydrogens (tertiary/aromatic N) is 6. The molecular formula is C18H24N6O. The molecule has 1 amide bonds. The predicted molar refractivity (Wildman–Crippen MR) is 94.0 cm³/mol. The third-order valence-electron chi connectivity index (χ3n) is 5.26. The van der Waals surface area contributed by atoms with Crippen molar-refractivity contribution >= 4 is 11.7 Å². The fourth-order valence-corrected chi connectivity index (χ4v) is 3.96. The van der Waals surface area contributed by atoms with Crippen LogP contribution in [0.2, 0.25) is 0 Å². The van der Waals surface area contributed by atoms with E-state index in [0.29, 0.717) is 0 Å². The Hall–Kier alpha value is -2.44. The Morgan fingerprint density at radius 3 is 2.84 bits per heavy atom. The van der Waals surface area contributed by atoms with Gasteiger partial charge in [-0.1, -0.05) is 6.07 Å². The highest BCUT2D eigenvalue weighted by atomic mass is 16.2. The summed E-state index contributed by atoms with van der Waals surface area (Å²) in [4.78, 5) is 25.8. The highest BCUT2D eigenvalue weighted by molar-refractivity contribution is 5.80. The van der Waals surface area contributed by atoms with Gasteiger partial charge in [0, 0.05) is 32.4 Å². The normalized spacial score (nSPS) is 24.3. The summed E-state index contributed by atoms with van der Waals surface area (Å²) in [5, 5.41) is 4.25. The number of pyridine rings is 1. The lowest BCUT2D eigenvalue weighted by molar-refractivity contribution is -0.137. The number of carbonyl (C=O) groups excluding carboxylic acids is 1. The van der Waals surface area contributed by atoms with Gasteiger partial charge in [-0.2, -0.15) is 5.10 Å². The second kappa shape index (κ2) is 7.21. The molecular weight excluding hydrogens is 316 g/mol. The SMILES string of the molecule is O=C([C@H]1CCCN(c2ccccn2)C1)N1CCC[C@@H](n2cncn2)C1. The number of amides is 1. The Kier molecular flexibility index (Phi) is 4.63. The smallest absolute Gasteiger partial charge is 0.227 e. The fraction of sp³-hybridized carbons (Fsp3) is 0.556. The average molecular weight is 340 g/mol. The van der Waals surface area contributed by atoms with Gasteiger partial charge in [-0.25, -0.2) is 14.6 Å². The van der Waals surface area contributed by atoms with E-state index in [2.05, 4.69) is 20.0 Å². The molecule has 0 unspecified atom stereocenters. The lowest BCUT2D eigenvalue weighted by Crippen LogP contribution is -2.48. The summed E-state index contributed by atoms with van der Waals surface area (Å²) in [6.07, 6.45) is 9.20. The number of piperidine rings is 2. The lowest BCUT2D eigenvalue weighted by atomic mass is 9.95. The van der Waals surface area contributed by atoms with E-state index in [0.717, 1.165) is 57.7 Å². The highest BCUT2D eigenvalue weighted by Crippen LogP contribution is 2.26. The Balaban J connectivity index is 1.41. The second-order valence-corrected chi connectivity index (χ2v) is 6.93. The van der Waals surface area contributed by atoms with Crippen molar-refractivity contribution in [2.75, 3.05) is 31.1 Å². The molecule has 0 bridgehead atoms. The zero-order chi connectivity index (χ0) is 17.1. The topological polar surface area (TPSA) is 67.2 Å². The molecule has 2 aromatic heterocycles. The number of hydrogen-bond acceptors (Lipinski definition) is 5. The first-order valence-corrected chi connectivity index (χ1v) is 9.10. The van der Waals surface area contributed by atoms with Crippen molar-refractivity contribution in [3.63, 3.8) is 0 Å². The van der Waals surface area contributed by atoms with E-state index in [4.69, 9.17) is 0 Å². The van der Waals surface area contributed by atoms with Crippen molar-refractivity contribution in [1.29, 1.82) is 0 Å². The Bertz CT molecular complexity index is 689. The zero-order valence-electron chi connectivity index (χ0n) is 14.4. The third kappa shape index (κ3) is 3.50. The summed E-state index contributed by atoms with van der Waals surface area (Å²) in [6.45, 7) is 3.33. The highest BCUT2D eigenvalue weighted by Gasteiger charge is 2.32. The van der Waals surface area contributed by atoms with Crippen molar-refractivity contribution in [2.45, 2.75) is 31.7 Å². The summed E-state index contributed by atoms with van der Waals surface area (Å²) in [5.74, 6) is 1.31. The van der Waals surface area contributed by atoms with E-state index in [9.17, 15) is 4.79 Å². The minimum Gasteiger partial charge on any atom is -0.356 e. The van der Waals surface area contributed by atoms with Gasteiger partial charge in [-0.15, -0.1) is 0 Å². The molecule has 4 heterocycles. The predicted octanol–water partition coefficient (Wildman–Crippen LogP) is 1.75. The maximum atomic E-state index is 13.1. The standard InChI is InChI=1S/C18H24N6O/c25-18(23-10-4-6-16(12-23)24-14-19-13-21-24)15-5-3-9-22(11-15)17-7-1-2-8-20-17/h1-2,7-8,13-16H,3-6,9-12H2/t15-,16+/m0/s1. The van der Waals surface area contributed by atoms with Gasteiger partial charge in [-0.3, -0.25) is 4.79 Å². The number of likely N-dealkylation sites (tertiary alicyclic amines) is 1. The molecule has 2 aliphatic rings. The molecule has 2 aromatic rings. The van der Waals surface area contributed by atoms with Crippen LogP contribution in [0.5, 0.6) is 0 Å². The number of rotatable bonds is 3. The van der Waals surface area contributed by atoms with Gasteiger partial charge in [-0.05, 0) is 37.8 Å². The molecule has 0 radical (unpaired) electrons. The molecule has 4 rings (SSSR count). The van der Waals surface area contributed by atoms with Crippen LogP contribution in [0, 0.1) is 5.92 Å². The van der Waals surface area contributed by atoms with Crippen LogP contribution < -0.4 is 4.90 Å². The first-order valence-electron chi connectivity index (χ1n) is 9.10. The van der Waals surface area contributed by atoms with E-state index in [1.807, 2.05) is 34.0 Å². The van der Waals surface area contributed by atoms with Crippen molar-refractivity contribution < 1.29 is 4.79 Å². The molecule has 25 heavy (non-hydrogen) atoms. The molecule has 132 valence electrons. The molecule has 7 nitrogen and oxygen atoms in total. The maximum Gasteiger partial charge on any atom is 0.227 e. The van der Waals surface area contributed by atoms with Gasteiger partial charge in [0.05, 0.1) is 12.0 Å². The van der Waals surface area contributed by atoms with Crippen molar-refractivity contribution in [3.8, 4) is 0 Å². The Labute approximate surface area is 147 Å². The van der Waals surface area contributed by atoms with Gasteiger partial charge in [0.2, 0.25) is 5.91 Å². The number of anilines is 1. The van der Waals surface area contributed by atoms with Crippen LogP contribution in [0.4, 0.5) is 5.82 Å². The summed E-state index contributed by atoms with van der Waals surface area (Å²) in [7, 11) is 0. The monoisotopic (exact) mass is 340 g/mol. The van der Waals surface area contributed by atoms with Crippen LogP contribution in [-0.4, -0.2) is 56.7 Å². The molecule has 0 N–H and O–H groups in total. The molecule has 0 aromatic carbocycles. The van der Waals surface area contributed by atoms with Crippen molar-refractivity contribution in [2.24, 2.45) is 5.92 Å². The number of aromatic nitrogens is 4. The number of carbonyl (C=O) groups is 1. The minimum atomic E-state index is 0.0604. The zero-order valence-corrected chi connectivity index (χ0v) is 14.4. The Morgan fingerprint density at radius 2 is 2.04 bits per heavy atom. The second-order valence-electron chi connectivity index (χ2n) is 6.93. The largest absolute Gasteiger partial charge is 0.356 e. The molecule has 7 heteroatoms. The fourth-order valence-electron chi connectivity index (χ4n) is 3.96. The van der Waals surface area contributed by atoms with E-state index in [1.54, 1.807) is 12.7 Å². The quantitative estimate of drug-likeness (QED) is 0.852. The summed E-state index contributed by atoms with van der Waals surface area (Å²) < 4.78 is 1.89. The molecule has 2 saturated heterocycles. The lowest BCUT2D eigenvalue weighted by Gasteiger charge is -2.38. The molecule has 2 aliphatic heterocycles. The minimum absolute atomic E-state index is 0.0604.